The number of benzene rings is 2. The van der Waals surface area contributed by atoms with Crippen LogP contribution in [-0.2, 0) is 20.8 Å². The second-order valence-corrected chi connectivity index (χ2v) is 14.0. The summed E-state index contributed by atoms with van der Waals surface area (Å²) in [6.07, 6.45) is -3.47. The minimum atomic E-state index is -4.95. The van der Waals surface area contributed by atoms with Crippen LogP contribution in [0.4, 0.5) is 17.6 Å². The molecule has 1 aliphatic carbocycles. The first-order valence-electron chi connectivity index (χ1n) is 13.9. The van der Waals surface area contributed by atoms with Crippen LogP contribution in [0, 0.1) is 16.9 Å². The van der Waals surface area contributed by atoms with E-state index in [4.69, 9.17) is 11.6 Å². The van der Waals surface area contributed by atoms with Crippen molar-refractivity contribution in [3.63, 3.8) is 0 Å². The Kier molecular flexibility index (Phi) is 9.80. The zero-order chi connectivity index (χ0) is 31.9. The van der Waals surface area contributed by atoms with Gasteiger partial charge in [-0.2, -0.15) is 13.2 Å². The van der Waals surface area contributed by atoms with E-state index in [1.54, 1.807) is 0 Å². The summed E-state index contributed by atoms with van der Waals surface area (Å²) >= 11 is 5.93. The summed E-state index contributed by atoms with van der Waals surface area (Å²) in [6, 6.07) is 5.04. The molecule has 0 spiro atoms. The third-order valence-electron chi connectivity index (χ3n) is 8.48. The SMILES string of the molecule is CC(C)N(C)C1CCC(N2CCC(N([O-])C(=O)c3cc(F)cc(C(F)(F)F)c3)C2=O)[C@H](CS(=O)(=O)c2ccc(Cl)cc2)C1. The highest BCUT2D eigenvalue weighted by molar-refractivity contribution is 7.91. The monoisotopic (exact) mass is 646 g/mol. The Balaban J connectivity index is 1.57. The Morgan fingerprint density at radius 1 is 1.12 bits per heavy atom. The molecule has 14 heteroatoms. The van der Waals surface area contributed by atoms with Gasteiger partial charge in [0, 0.05) is 35.3 Å². The topological polar surface area (TPSA) is 101 Å². The molecule has 0 N–H and O–H groups in total. The lowest BCUT2D eigenvalue weighted by Gasteiger charge is -2.45. The second-order valence-electron chi connectivity index (χ2n) is 11.5. The van der Waals surface area contributed by atoms with E-state index in [9.17, 15) is 40.8 Å². The lowest BCUT2D eigenvalue weighted by Crippen LogP contribution is -2.53. The summed E-state index contributed by atoms with van der Waals surface area (Å²) in [5.41, 5.74) is -2.26. The van der Waals surface area contributed by atoms with Crippen molar-refractivity contribution in [1.29, 1.82) is 0 Å². The number of hydrogen-bond donors (Lipinski definition) is 0. The van der Waals surface area contributed by atoms with Gasteiger partial charge in [-0.3, -0.25) is 9.59 Å². The molecule has 4 rings (SSSR count). The number of nitrogens with zero attached hydrogens (tertiary/aromatic N) is 3. The fraction of sp³-hybridized carbons (Fsp3) is 0.517. The average Bonchev–Trinajstić information content (AvgIpc) is 3.31. The maximum absolute atomic E-state index is 13.9. The maximum atomic E-state index is 13.9. The summed E-state index contributed by atoms with van der Waals surface area (Å²) in [5.74, 6) is -4.30. The van der Waals surface area contributed by atoms with Gasteiger partial charge in [-0.05, 0) is 95.0 Å². The van der Waals surface area contributed by atoms with Crippen LogP contribution in [0.15, 0.2) is 47.4 Å². The van der Waals surface area contributed by atoms with Crippen LogP contribution in [0.5, 0.6) is 0 Å². The highest BCUT2D eigenvalue weighted by Crippen LogP contribution is 2.37. The molecule has 2 fully saturated rings. The number of carbonyl (C=O) groups excluding carboxylic acids is 2. The fourth-order valence-electron chi connectivity index (χ4n) is 6.00. The molecule has 236 valence electrons. The highest BCUT2D eigenvalue weighted by Gasteiger charge is 2.45. The van der Waals surface area contributed by atoms with Gasteiger partial charge in [0.25, 0.3) is 0 Å². The number of hydroxylamine groups is 2. The van der Waals surface area contributed by atoms with Crippen LogP contribution in [-0.4, -0.2) is 78.6 Å². The van der Waals surface area contributed by atoms with E-state index in [1.165, 1.54) is 29.2 Å². The van der Waals surface area contributed by atoms with Gasteiger partial charge in [0.15, 0.2) is 9.84 Å². The van der Waals surface area contributed by atoms with Gasteiger partial charge < -0.3 is 20.1 Å². The van der Waals surface area contributed by atoms with Crippen molar-refractivity contribution in [2.24, 2.45) is 5.92 Å². The summed E-state index contributed by atoms with van der Waals surface area (Å²) in [5, 5.41) is 13.2. The molecule has 3 unspecified atom stereocenters. The predicted octanol–water partition coefficient (Wildman–Crippen LogP) is 5.39. The molecule has 1 aliphatic heterocycles. The summed E-state index contributed by atoms with van der Waals surface area (Å²) in [6.45, 7) is 4.10. The lowest BCUT2D eigenvalue weighted by atomic mass is 9.81. The molecule has 1 saturated carbocycles. The molecule has 8 nitrogen and oxygen atoms in total. The Hall–Kier alpha value is -2.74. The third-order valence-corrected chi connectivity index (χ3v) is 10.6. The van der Waals surface area contributed by atoms with Crippen molar-refractivity contribution in [2.45, 2.75) is 74.8 Å². The van der Waals surface area contributed by atoms with Gasteiger partial charge in [0.1, 0.15) is 11.9 Å². The average molecular weight is 647 g/mol. The maximum Gasteiger partial charge on any atom is 0.416 e. The zero-order valence-electron chi connectivity index (χ0n) is 23.9. The number of carbonyl (C=O) groups is 2. The highest BCUT2D eigenvalue weighted by atomic mass is 35.5. The van der Waals surface area contributed by atoms with Crippen molar-refractivity contribution in [2.75, 3.05) is 19.3 Å². The summed E-state index contributed by atoms with van der Waals surface area (Å²) in [7, 11) is -1.84. The standard InChI is InChI=1S/C29H33ClF4N3O5S/c1-17(2)35(3)23-6-9-25(19(14-23)16-43(41,42)24-7-4-21(30)5-8-24)36-11-10-26(28(36)39)37(40)27(38)18-12-20(29(32,33)34)15-22(31)13-18/h4-5,7-8,12-13,15,17,19,23,25-26H,6,9-11,14,16H2,1-3H3/q-1/t19-,23?,25?,26?/m0/s1. The van der Waals surface area contributed by atoms with Gasteiger partial charge in [0.2, 0.25) is 11.8 Å². The molecule has 43 heavy (non-hydrogen) atoms. The normalized spacial score (nSPS) is 23.3. The number of alkyl halides is 3. The first-order chi connectivity index (χ1) is 20.0. The molecule has 2 aromatic rings. The van der Waals surface area contributed by atoms with E-state index in [2.05, 4.69) is 4.90 Å². The minimum absolute atomic E-state index is 0.0450. The minimum Gasteiger partial charge on any atom is -0.755 e. The zero-order valence-corrected chi connectivity index (χ0v) is 25.4. The molecule has 1 saturated heterocycles. The van der Waals surface area contributed by atoms with E-state index in [1.807, 2.05) is 20.9 Å². The van der Waals surface area contributed by atoms with Gasteiger partial charge in [-0.15, -0.1) is 0 Å². The summed E-state index contributed by atoms with van der Waals surface area (Å²) in [4.78, 5) is 30.0. The van der Waals surface area contributed by atoms with Crippen LogP contribution < -0.4 is 0 Å². The van der Waals surface area contributed by atoms with Gasteiger partial charge in [-0.1, -0.05) is 11.6 Å². The molecule has 0 bridgehead atoms. The van der Waals surface area contributed by atoms with Gasteiger partial charge >= 0.3 is 6.18 Å². The van der Waals surface area contributed by atoms with Crippen molar-refractivity contribution in [3.05, 3.63) is 69.6 Å². The van der Waals surface area contributed by atoms with Crippen LogP contribution in [0.1, 0.15) is 55.5 Å². The van der Waals surface area contributed by atoms with E-state index in [0.717, 1.165) is 0 Å². The molecular formula is C29H33ClF4N3O5S-. The van der Waals surface area contributed by atoms with Crippen LogP contribution in [0.2, 0.25) is 5.02 Å². The first-order valence-corrected chi connectivity index (χ1v) is 15.9. The van der Waals surface area contributed by atoms with Gasteiger partial charge in [0.05, 0.1) is 16.2 Å². The van der Waals surface area contributed by atoms with Crippen molar-refractivity contribution >= 4 is 33.3 Å². The molecule has 2 amide bonds. The van der Waals surface area contributed by atoms with E-state index in [0.29, 0.717) is 36.4 Å². The molecule has 1 heterocycles. The smallest absolute Gasteiger partial charge is 0.416 e. The number of amides is 2. The fourth-order valence-corrected chi connectivity index (χ4v) is 7.79. The second kappa shape index (κ2) is 12.7. The van der Waals surface area contributed by atoms with E-state index in [-0.39, 0.29) is 46.8 Å². The molecule has 4 atom stereocenters. The Morgan fingerprint density at radius 3 is 2.37 bits per heavy atom. The van der Waals surface area contributed by atoms with Crippen molar-refractivity contribution < 1.29 is 35.6 Å². The molecule has 0 radical (unpaired) electrons. The van der Waals surface area contributed by atoms with Crippen LogP contribution in [0.3, 0.4) is 0 Å². The van der Waals surface area contributed by atoms with Crippen LogP contribution in [0.25, 0.3) is 0 Å². The Labute approximate surface area is 253 Å². The Morgan fingerprint density at radius 2 is 1.77 bits per heavy atom. The molecule has 2 aromatic carbocycles. The van der Waals surface area contributed by atoms with Crippen LogP contribution >= 0.6 is 11.6 Å². The number of rotatable bonds is 8. The van der Waals surface area contributed by atoms with E-state index >= 15 is 0 Å². The van der Waals surface area contributed by atoms with E-state index < -0.39 is 62.8 Å². The van der Waals surface area contributed by atoms with Gasteiger partial charge in [-0.25, -0.2) is 12.8 Å². The largest absolute Gasteiger partial charge is 0.755 e. The third kappa shape index (κ3) is 7.33. The first kappa shape index (κ1) is 33.2. The summed E-state index contributed by atoms with van der Waals surface area (Å²) < 4.78 is 80.2. The molecule has 2 aliphatic rings. The lowest BCUT2D eigenvalue weighted by molar-refractivity contribution is -0.138. The van der Waals surface area contributed by atoms with Crippen molar-refractivity contribution in [3.8, 4) is 0 Å². The quantitative estimate of drug-likeness (QED) is 0.282. The molecular weight excluding hydrogens is 614 g/mol. The predicted molar refractivity (Wildman–Crippen MR) is 152 cm³/mol. The number of likely N-dealkylation sites (tertiary alicyclic amines) is 1. The molecule has 0 aromatic heterocycles. The number of halogens is 5. The van der Waals surface area contributed by atoms with Crippen molar-refractivity contribution in [1.82, 2.24) is 14.9 Å². The number of hydrogen-bond acceptors (Lipinski definition) is 6. The Bertz CT molecular complexity index is 1460. The number of sulfone groups is 1.